The number of hydrogen-bond donors (Lipinski definition) is 2. The van der Waals surface area contributed by atoms with Gasteiger partial charge in [0.15, 0.2) is 11.6 Å². The van der Waals surface area contributed by atoms with Gasteiger partial charge in [0.25, 0.3) is 0 Å². The molecule has 2 N–H and O–H groups in total. The molecule has 0 spiro atoms. The highest BCUT2D eigenvalue weighted by molar-refractivity contribution is 6.30. The Kier molecular flexibility index (Phi) is 7.81. The van der Waals surface area contributed by atoms with E-state index in [0.29, 0.717) is 53.9 Å². The van der Waals surface area contributed by atoms with E-state index in [0.717, 1.165) is 31.2 Å². The number of hydrogen-bond acceptors (Lipinski definition) is 5. The minimum Gasteiger partial charge on any atom is -0.493 e. The molecule has 184 valence electrons. The number of ether oxygens (including phenoxy) is 2. The number of esters is 1. The summed E-state index contributed by atoms with van der Waals surface area (Å²) in [5.41, 5.74) is 0.985. The third-order valence-corrected chi connectivity index (χ3v) is 7.00. The number of anilines is 2. The summed E-state index contributed by atoms with van der Waals surface area (Å²) in [4.78, 5) is 11.4. The van der Waals surface area contributed by atoms with E-state index >= 15 is 0 Å². The molecule has 0 atom stereocenters. The molecule has 5 nitrogen and oxygen atoms in total. The van der Waals surface area contributed by atoms with Crippen LogP contribution >= 0.6 is 11.6 Å². The lowest BCUT2D eigenvalue weighted by Gasteiger charge is -2.33. The van der Waals surface area contributed by atoms with Gasteiger partial charge in [-0.05, 0) is 56.2 Å². The lowest BCUT2D eigenvalue weighted by atomic mass is 9.92. The van der Waals surface area contributed by atoms with Gasteiger partial charge in [-0.15, -0.1) is 0 Å². The minimum atomic E-state index is -0.907. The Morgan fingerprint density at radius 3 is 2.38 bits per heavy atom. The van der Waals surface area contributed by atoms with E-state index < -0.39 is 17.3 Å². The number of nitrogens with one attached hydrogen (secondary N) is 2. The number of carbonyl (C=O) groups is 1. The first-order valence-electron chi connectivity index (χ1n) is 12.0. The molecule has 2 aromatic rings. The van der Waals surface area contributed by atoms with E-state index in [9.17, 15) is 13.6 Å². The van der Waals surface area contributed by atoms with Crippen molar-refractivity contribution in [2.75, 3.05) is 24.4 Å². The molecule has 1 aliphatic heterocycles. The molecular formula is C26H31ClF2N2O3. The fourth-order valence-corrected chi connectivity index (χ4v) is 5.09. The van der Waals surface area contributed by atoms with Gasteiger partial charge in [0.2, 0.25) is 0 Å². The van der Waals surface area contributed by atoms with Crippen LogP contribution in [0.15, 0.2) is 30.3 Å². The van der Waals surface area contributed by atoms with Crippen LogP contribution in [-0.4, -0.2) is 19.7 Å². The monoisotopic (exact) mass is 492 g/mol. The maximum absolute atomic E-state index is 14.0. The summed E-state index contributed by atoms with van der Waals surface area (Å²) < 4.78 is 39.0. The molecule has 0 saturated heterocycles. The maximum Gasteiger partial charge on any atom is 0.305 e. The smallest absolute Gasteiger partial charge is 0.305 e. The summed E-state index contributed by atoms with van der Waals surface area (Å²) in [6, 6.07) is 7.85. The van der Waals surface area contributed by atoms with Crippen LogP contribution in [0.2, 0.25) is 5.02 Å². The number of rotatable bonds is 10. The quantitative estimate of drug-likeness (QED) is 0.276. The van der Waals surface area contributed by atoms with Gasteiger partial charge in [-0.25, -0.2) is 8.78 Å². The zero-order valence-corrected chi connectivity index (χ0v) is 20.1. The summed E-state index contributed by atoms with van der Waals surface area (Å²) in [5.74, 6) is -0.870. The Bertz CT molecular complexity index is 996. The fraction of sp³-hybridized carbons (Fsp3) is 0.500. The summed E-state index contributed by atoms with van der Waals surface area (Å²) >= 11 is 6.32. The molecule has 8 heteroatoms. The second-order valence-corrected chi connectivity index (χ2v) is 9.64. The van der Waals surface area contributed by atoms with Gasteiger partial charge in [0.1, 0.15) is 11.4 Å². The minimum absolute atomic E-state index is 0.231. The van der Waals surface area contributed by atoms with Crippen LogP contribution in [0.3, 0.4) is 0 Å². The van der Waals surface area contributed by atoms with Gasteiger partial charge in [-0.3, -0.25) is 4.79 Å². The van der Waals surface area contributed by atoms with Crippen molar-refractivity contribution in [3.8, 4) is 5.75 Å². The van der Waals surface area contributed by atoms with Gasteiger partial charge in [0, 0.05) is 29.1 Å². The number of benzene rings is 2. The molecule has 0 unspecified atom stereocenters. The maximum atomic E-state index is 14.0. The topological polar surface area (TPSA) is 59.6 Å². The van der Waals surface area contributed by atoms with Crippen LogP contribution in [-0.2, 0) is 15.2 Å². The molecule has 34 heavy (non-hydrogen) atoms. The van der Waals surface area contributed by atoms with E-state index in [1.807, 2.05) is 6.07 Å². The molecule has 1 fully saturated rings. The van der Waals surface area contributed by atoms with Crippen LogP contribution in [0.1, 0.15) is 63.4 Å². The summed E-state index contributed by atoms with van der Waals surface area (Å²) in [6.07, 6.45) is 7.98. The molecule has 1 saturated carbocycles. The lowest BCUT2D eigenvalue weighted by Crippen LogP contribution is -2.39. The highest BCUT2D eigenvalue weighted by Gasteiger charge is 2.40. The Balaban J connectivity index is 1.58. The van der Waals surface area contributed by atoms with E-state index in [4.69, 9.17) is 21.1 Å². The number of methoxy groups -OCH3 is 1. The largest absolute Gasteiger partial charge is 0.493 e. The van der Waals surface area contributed by atoms with Gasteiger partial charge < -0.3 is 20.1 Å². The Labute approximate surface area is 204 Å². The van der Waals surface area contributed by atoms with Gasteiger partial charge in [-0.1, -0.05) is 30.9 Å². The third kappa shape index (κ3) is 5.57. The molecule has 2 aromatic carbocycles. The lowest BCUT2D eigenvalue weighted by molar-refractivity contribution is -0.140. The normalized spacial score (nSPS) is 16.6. The fourth-order valence-electron chi connectivity index (χ4n) is 4.93. The first-order chi connectivity index (χ1) is 16.4. The van der Waals surface area contributed by atoms with Crippen molar-refractivity contribution < 1.29 is 23.0 Å². The van der Waals surface area contributed by atoms with Gasteiger partial charge in [0.05, 0.1) is 25.1 Å². The molecule has 0 aromatic heterocycles. The van der Waals surface area contributed by atoms with Crippen molar-refractivity contribution >= 4 is 28.9 Å². The average Bonchev–Trinajstić information content (AvgIpc) is 3.46. The first-order valence-corrected chi connectivity index (χ1v) is 12.3. The molecule has 0 amide bonds. The predicted octanol–water partition coefficient (Wildman–Crippen LogP) is 7.00. The van der Waals surface area contributed by atoms with E-state index in [-0.39, 0.29) is 5.97 Å². The van der Waals surface area contributed by atoms with Crippen LogP contribution in [0.5, 0.6) is 5.75 Å². The zero-order chi connectivity index (χ0) is 24.1. The van der Waals surface area contributed by atoms with Crippen molar-refractivity contribution in [1.82, 2.24) is 0 Å². The van der Waals surface area contributed by atoms with E-state index in [2.05, 4.69) is 10.6 Å². The molecule has 0 bridgehead atoms. The first kappa shape index (κ1) is 24.6. The van der Waals surface area contributed by atoms with E-state index in [1.165, 1.54) is 32.1 Å². The summed E-state index contributed by atoms with van der Waals surface area (Å²) in [5, 5.41) is 7.36. The molecule has 1 aliphatic carbocycles. The number of carbonyl (C=O) groups excluding carboxylic acids is 1. The second-order valence-electron chi connectivity index (χ2n) is 9.21. The zero-order valence-electron chi connectivity index (χ0n) is 19.4. The van der Waals surface area contributed by atoms with Crippen LogP contribution in [0, 0.1) is 17.6 Å². The van der Waals surface area contributed by atoms with Crippen molar-refractivity contribution in [1.29, 1.82) is 0 Å². The second kappa shape index (κ2) is 10.8. The molecule has 1 heterocycles. The third-order valence-electron chi connectivity index (χ3n) is 6.77. The van der Waals surface area contributed by atoms with Crippen LogP contribution < -0.4 is 15.4 Å². The van der Waals surface area contributed by atoms with Crippen molar-refractivity contribution in [2.45, 2.75) is 63.5 Å². The number of halogens is 3. The highest BCUT2D eigenvalue weighted by atomic mass is 35.5. The summed E-state index contributed by atoms with van der Waals surface area (Å²) in [6.45, 7) is 0.610. The molecule has 2 aliphatic rings. The summed E-state index contributed by atoms with van der Waals surface area (Å²) in [7, 11) is 1.38. The Morgan fingerprint density at radius 2 is 1.74 bits per heavy atom. The molecular weight excluding hydrogens is 462 g/mol. The van der Waals surface area contributed by atoms with Crippen LogP contribution in [0.4, 0.5) is 20.2 Å². The Hall–Kier alpha value is -2.54. The number of fused-ring (bicyclic) bond motifs is 1. The van der Waals surface area contributed by atoms with Crippen LogP contribution in [0.25, 0.3) is 0 Å². The highest BCUT2D eigenvalue weighted by Crippen LogP contribution is 2.46. The average molecular weight is 493 g/mol. The van der Waals surface area contributed by atoms with Crippen molar-refractivity contribution in [3.63, 3.8) is 0 Å². The van der Waals surface area contributed by atoms with E-state index in [1.54, 1.807) is 12.1 Å². The van der Waals surface area contributed by atoms with Gasteiger partial charge in [-0.2, -0.15) is 0 Å². The molecule has 4 rings (SSSR count). The molecule has 0 radical (unpaired) electrons. The Morgan fingerprint density at radius 1 is 1.06 bits per heavy atom. The predicted molar refractivity (Wildman–Crippen MR) is 129 cm³/mol. The number of unbranched alkanes of at least 4 members (excludes halogenated alkanes) is 2. The van der Waals surface area contributed by atoms with Crippen molar-refractivity contribution in [3.05, 3.63) is 52.6 Å². The van der Waals surface area contributed by atoms with Gasteiger partial charge >= 0.3 is 5.97 Å². The SMILES string of the molecule is COC(=O)CCCCCC1(c2ccc(Cl)cc2OCC2CCCC2)Nc2cc(F)c(F)cc2N1. The standard InChI is InChI=1S/C26H31ClF2N2O3/c1-33-25(32)9-3-2-6-12-26(30-22-14-20(28)21(29)15-23(22)31-26)19-11-10-18(27)13-24(19)34-16-17-7-4-5-8-17/h10-11,13-15,17,30-31H,2-9,12,16H2,1H3. The van der Waals surface area contributed by atoms with Crippen molar-refractivity contribution in [2.24, 2.45) is 5.92 Å².